The zero-order valence-corrected chi connectivity index (χ0v) is 18.3. The summed E-state index contributed by atoms with van der Waals surface area (Å²) >= 11 is 0. The summed E-state index contributed by atoms with van der Waals surface area (Å²) < 4.78 is 1.69. The summed E-state index contributed by atoms with van der Waals surface area (Å²) in [6.07, 6.45) is 6.63. The summed E-state index contributed by atoms with van der Waals surface area (Å²) in [7, 11) is 0. The number of H-pyrrole nitrogens is 1. The smallest absolute Gasteiger partial charge is 0.254 e. The van der Waals surface area contributed by atoms with Crippen LogP contribution in [0.1, 0.15) is 48.0 Å². The number of nitrogens with two attached hydrogens (primary N) is 1. The van der Waals surface area contributed by atoms with E-state index in [1.165, 1.54) is 5.56 Å². The van der Waals surface area contributed by atoms with Gasteiger partial charge in [-0.3, -0.25) is 19.2 Å². The Labute approximate surface area is 190 Å². The Bertz CT molecular complexity index is 1240. The molecule has 1 aliphatic heterocycles. The first-order chi connectivity index (χ1) is 16.0. The summed E-state index contributed by atoms with van der Waals surface area (Å²) in [6, 6.07) is 8.50. The summed E-state index contributed by atoms with van der Waals surface area (Å²) in [5, 5.41) is 16.9. The predicted molar refractivity (Wildman–Crippen MR) is 121 cm³/mol. The lowest BCUT2D eigenvalue weighted by molar-refractivity contribution is -0.117. The highest BCUT2D eigenvalue weighted by Gasteiger charge is 2.39. The van der Waals surface area contributed by atoms with Crippen LogP contribution in [0.15, 0.2) is 30.7 Å². The fourth-order valence-electron chi connectivity index (χ4n) is 4.55. The van der Waals surface area contributed by atoms with Gasteiger partial charge in [-0.2, -0.15) is 10.4 Å². The van der Waals surface area contributed by atoms with Gasteiger partial charge in [0, 0.05) is 31.7 Å². The maximum absolute atomic E-state index is 12.2. The summed E-state index contributed by atoms with van der Waals surface area (Å²) in [5.41, 5.74) is 8.34. The standard InChI is InChI=1S/C23H26N8O2/c24-8-5-23(31-13-17(20(25)32)21(29-31)28-22(33)16-2-3-16)6-9-30(10-7-23)12-15-1-4-18-19(11-15)27-14-26-18/h1,4,11,13-14,16H,2-3,5-7,9-10,12H2,(H2,25,32)(H,26,27)(H,28,29,33). The number of likely N-dealkylation sites (tertiary alicyclic amines) is 1. The Hall–Kier alpha value is -3.71. The molecule has 4 N–H and O–H groups in total. The molecular weight excluding hydrogens is 420 g/mol. The molecule has 0 bridgehead atoms. The Kier molecular flexibility index (Phi) is 5.34. The normalized spacial score (nSPS) is 18.2. The molecule has 2 fully saturated rings. The number of fused-ring (bicyclic) bond motifs is 1. The number of benzene rings is 1. The molecular formula is C23H26N8O2. The van der Waals surface area contributed by atoms with Crippen LogP contribution >= 0.6 is 0 Å². The number of imidazole rings is 1. The number of hydrogen-bond acceptors (Lipinski definition) is 6. The molecule has 3 aromatic rings. The fraction of sp³-hybridized carbons (Fsp3) is 0.435. The lowest BCUT2D eigenvalue weighted by Crippen LogP contribution is -2.46. The van der Waals surface area contributed by atoms with Crippen molar-refractivity contribution in [2.24, 2.45) is 11.7 Å². The van der Waals surface area contributed by atoms with Crippen LogP contribution in [-0.4, -0.2) is 49.6 Å². The zero-order chi connectivity index (χ0) is 23.0. The van der Waals surface area contributed by atoms with E-state index in [4.69, 9.17) is 5.73 Å². The summed E-state index contributed by atoms with van der Waals surface area (Å²) in [4.78, 5) is 34.0. The minimum absolute atomic E-state index is 0.0202. The van der Waals surface area contributed by atoms with Gasteiger partial charge in [0.05, 0.1) is 35.4 Å². The summed E-state index contributed by atoms with van der Waals surface area (Å²) in [6.45, 7) is 2.35. The molecule has 2 amide bonds. The fourth-order valence-corrected chi connectivity index (χ4v) is 4.55. The van der Waals surface area contributed by atoms with E-state index in [2.05, 4.69) is 43.5 Å². The van der Waals surface area contributed by atoms with Crippen molar-refractivity contribution in [3.8, 4) is 6.07 Å². The lowest BCUT2D eigenvalue weighted by Gasteiger charge is -2.40. The van der Waals surface area contributed by atoms with Crippen LogP contribution in [0.25, 0.3) is 11.0 Å². The second kappa shape index (κ2) is 8.33. The minimum atomic E-state index is -0.647. The number of aromatic nitrogens is 4. The van der Waals surface area contributed by atoms with Gasteiger partial charge in [0.2, 0.25) is 5.91 Å². The molecule has 33 heavy (non-hydrogen) atoms. The second-order valence-electron chi connectivity index (χ2n) is 9.05. The first-order valence-electron chi connectivity index (χ1n) is 11.2. The van der Waals surface area contributed by atoms with E-state index in [0.717, 1.165) is 43.5 Å². The van der Waals surface area contributed by atoms with E-state index in [9.17, 15) is 14.9 Å². The molecule has 3 heterocycles. The van der Waals surface area contributed by atoms with Gasteiger partial charge in [0.25, 0.3) is 5.91 Å². The number of anilines is 1. The first kappa shape index (κ1) is 21.2. The van der Waals surface area contributed by atoms with E-state index < -0.39 is 11.4 Å². The number of nitrogens with zero attached hydrogens (tertiary/aromatic N) is 5. The van der Waals surface area contributed by atoms with Crippen molar-refractivity contribution in [1.29, 1.82) is 5.26 Å². The predicted octanol–water partition coefficient (Wildman–Crippen LogP) is 2.11. The molecule has 0 radical (unpaired) electrons. The van der Waals surface area contributed by atoms with Crippen molar-refractivity contribution in [2.75, 3.05) is 18.4 Å². The monoisotopic (exact) mass is 446 g/mol. The molecule has 2 aliphatic rings. The largest absolute Gasteiger partial charge is 0.365 e. The lowest BCUT2D eigenvalue weighted by atomic mass is 9.84. The molecule has 0 spiro atoms. The minimum Gasteiger partial charge on any atom is -0.365 e. The van der Waals surface area contributed by atoms with Gasteiger partial charge < -0.3 is 16.0 Å². The average molecular weight is 447 g/mol. The topological polar surface area (TPSA) is 146 Å². The van der Waals surface area contributed by atoms with Gasteiger partial charge in [-0.15, -0.1) is 0 Å². The third kappa shape index (κ3) is 4.19. The third-order valence-corrected chi connectivity index (χ3v) is 6.74. The molecule has 1 saturated heterocycles. The number of primary amides is 1. The maximum atomic E-state index is 12.2. The van der Waals surface area contributed by atoms with Crippen molar-refractivity contribution >= 4 is 28.7 Å². The highest BCUT2D eigenvalue weighted by molar-refractivity contribution is 6.02. The van der Waals surface area contributed by atoms with E-state index in [0.29, 0.717) is 12.8 Å². The van der Waals surface area contributed by atoms with Gasteiger partial charge in [-0.05, 0) is 43.4 Å². The number of rotatable bonds is 7. The Morgan fingerprint density at radius 1 is 1.30 bits per heavy atom. The van der Waals surface area contributed by atoms with Crippen LogP contribution in [-0.2, 0) is 16.9 Å². The van der Waals surface area contributed by atoms with Crippen LogP contribution < -0.4 is 11.1 Å². The molecule has 1 aliphatic carbocycles. The molecule has 0 unspecified atom stereocenters. The van der Waals surface area contributed by atoms with Crippen molar-refractivity contribution < 1.29 is 9.59 Å². The van der Waals surface area contributed by atoms with Crippen LogP contribution in [0.4, 0.5) is 5.82 Å². The number of hydrogen-bond donors (Lipinski definition) is 3. The highest BCUT2D eigenvalue weighted by Crippen LogP contribution is 2.36. The zero-order valence-electron chi connectivity index (χ0n) is 18.3. The second-order valence-corrected chi connectivity index (χ2v) is 9.05. The number of nitriles is 1. The number of carbonyl (C=O) groups is 2. The average Bonchev–Trinajstić information content (AvgIpc) is 3.40. The SMILES string of the molecule is N#CCC1(n2cc(C(N)=O)c(NC(=O)C3CC3)n2)CCN(Cc2ccc3nc[nH]c3c2)CC1. The van der Waals surface area contributed by atoms with Crippen LogP contribution in [0.2, 0.25) is 0 Å². The molecule has 1 aromatic carbocycles. The van der Waals surface area contributed by atoms with Crippen LogP contribution in [0.5, 0.6) is 0 Å². The number of nitrogens with one attached hydrogen (secondary N) is 2. The quantitative estimate of drug-likeness (QED) is 0.507. The molecule has 5 rings (SSSR count). The molecule has 10 heteroatoms. The van der Waals surface area contributed by atoms with Crippen molar-refractivity contribution in [3.63, 3.8) is 0 Å². The third-order valence-electron chi connectivity index (χ3n) is 6.74. The van der Waals surface area contributed by atoms with Crippen molar-refractivity contribution in [2.45, 2.75) is 44.2 Å². The van der Waals surface area contributed by atoms with Gasteiger partial charge in [-0.25, -0.2) is 4.98 Å². The number of carbonyl (C=O) groups excluding carboxylic acids is 2. The first-order valence-corrected chi connectivity index (χ1v) is 11.2. The van der Waals surface area contributed by atoms with Crippen LogP contribution in [0, 0.1) is 17.2 Å². The van der Waals surface area contributed by atoms with E-state index in [-0.39, 0.29) is 29.6 Å². The van der Waals surface area contributed by atoms with Crippen molar-refractivity contribution in [3.05, 3.63) is 41.9 Å². The number of aromatic amines is 1. The number of piperidine rings is 1. The highest BCUT2D eigenvalue weighted by atomic mass is 16.2. The number of amides is 2. The van der Waals surface area contributed by atoms with Crippen molar-refractivity contribution in [1.82, 2.24) is 24.6 Å². The molecule has 10 nitrogen and oxygen atoms in total. The van der Waals surface area contributed by atoms with Crippen LogP contribution in [0.3, 0.4) is 0 Å². The molecule has 1 saturated carbocycles. The van der Waals surface area contributed by atoms with Gasteiger partial charge in [0.15, 0.2) is 5.82 Å². The summed E-state index contributed by atoms with van der Waals surface area (Å²) in [5.74, 6) is -0.618. The molecule has 2 aromatic heterocycles. The Balaban J connectivity index is 1.33. The Morgan fingerprint density at radius 3 is 2.79 bits per heavy atom. The van der Waals surface area contributed by atoms with Gasteiger partial charge >= 0.3 is 0 Å². The molecule has 170 valence electrons. The van der Waals surface area contributed by atoms with Gasteiger partial charge in [0.1, 0.15) is 5.56 Å². The van der Waals surface area contributed by atoms with Gasteiger partial charge in [-0.1, -0.05) is 6.07 Å². The molecule has 0 atom stereocenters. The van der Waals surface area contributed by atoms with E-state index in [1.807, 2.05) is 6.07 Å². The Morgan fingerprint density at radius 2 is 2.09 bits per heavy atom. The van der Waals surface area contributed by atoms with E-state index >= 15 is 0 Å². The maximum Gasteiger partial charge on any atom is 0.254 e. The van der Waals surface area contributed by atoms with E-state index in [1.54, 1.807) is 17.2 Å².